The number of hydrogen-bond donors (Lipinski definition) is 2. The minimum Gasteiger partial charge on any atom is -0.267 e. The summed E-state index contributed by atoms with van der Waals surface area (Å²) in [6.07, 6.45) is 9.59. The number of unbranched alkanes of at least 4 members (excludes halogenated alkanes) is 3. The van der Waals surface area contributed by atoms with Crippen LogP contribution in [0.25, 0.3) is 0 Å². The van der Waals surface area contributed by atoms with Gasteiger partial charge in [-0.15, -0.1) is 0 Å². The normalized spacial score (nSPS) is 13.2. The maximum absolute atomic E-state index is 3.96. The van der Waals surface area contributed by atoms with E-state index in [4.69, 9.17) is 0 Å². The van der Waals surface area contributed by atoms with E-state index in [1.807, 2.05) is 0 Å². The molecule has 0 aromatic carbocycles. The van der Waals surface area contributed by atoms with E-state index in [-0.39, 0.29) is 0 Å². The lowest BCUT2D eigenvalue weighted by Crippen LogP contribution is -2.02. The van der Waals surface area contributed by atoms with Crippen LogP contribution in [-0.2, 0) is 0 Å². The van der Waals surface area contributed by atoms with E-state index in [2.05, 4.69) is 31.4 Å². The van der Waals surface area contributed by atoms with Gasteiger partial charge in [0.2, 0.25) is 0 Å². The van der Waals surface area contributed by atoms with E-state index in [0.29, 0.717) is 0 Å². The van der Waals surface area contributed by atoms with E-state index >= 15 is 0 Å². The minimum atomic E-state index is 0.923. The Morgan fingerprint density at radius 2 is 1.69 bits per heavy atom. The second-order valence-corrected chi connectivity index (χ2v) is 4.32. The Morgan fingerprint density at radius 1 is 1.08 bits per heavy atom. The summed E-state index contributed by atoms with van der Waals surface area (Å²) < 4.78 is 2.89. The average molecular weight is 203 g/mol. The number of hydrogen-bond acceptors (Lipinski definition) is 2. The van der Waals surface area contributed by atoms with E-state index in [1.54, 1.807) is 0 Å². The zero-order chi connectivity index (χ0) is 9.94. The molecule has 1 nitrogen and oxygen atoms in total. The van der Waals surface area contributed by atoms with Crippen molar-refractivity contribution in [3.8, 4) is 0 Å². The van der Waals surface area contributed by atoms with Crippen LogP contribution < -0.4 is 4.72 Å². The Hall–Kier alpha value is 0.310. The molecule has 0 aliphatic carbocycles. The fraction of sp³-hybridized carbons (Fsp3) is 1.00. The van der Waals surface area contributed by atoms with E-state index < -0.39 is 0 Å². The van der Waals surface area contributed by atoms with E-state index in [1.165, 1.54) is 44.9 Å². The van der Waals surface area contributed by atoms with Crippen LogP contribution in [0.15, 0.2) is 0 Å². The molecule has 0 saturated carbocycles. The highest BCUT2D eigenvalue weighted by atomic mass is 32.1. The molecule has 0 spiro atoms. The summed E-state index contributed by atoms with van der Waals surface area (Å²) in [6.45, 7) is 5.69. The molecule has 0 rings (SSSR count). The summed E-state index contributed by atoms with van der Waals surface area (Å²) in [7, 11) is 0. The van der Waals surface area contributed by atoms with Gasteiger partial charge in [-0.25, -0.2) is 0 Å². The molecule has 80 valence electrons. The van der Waals surface area contributed by atoms with Gasteiger partial charge in [0.15, 0.2) is 0 Å². The summed E-state index contributed by atoms with van der Waals surface area (Å²) in [6, 6.07) is 0. The highest BCUT2D eigenvalue weighted by Crippen LogP contribution is 2.15. The van der Waals surface area contributed by atoms with Crippen LogP contribution in [0.4, 0.5) is 0 Å². The first-order valence-electron chi connectivity index (χ1n) is 5.68. The predicted octanol–water partition coefficient (Wildman–Crippen LogP) is 3.81. The molecule has 0 aliphatic heterocycles. The van der Waals surface area contributed by atoms with Gasteiger partial charge in [-0.2, -0.15) is 0 Å². The summed E-state index contributed by atoms with van der Waals surface area (Å²) in [5.41, 5.74) is 0. The molecule has 0 bridgehead atoms. The lowest BCUT2D eigenvalue weighted by Gasteiger charge is -2.10. The van der Waals surface area contributed by atoms with Crippen molar-refractivity contribution in [2.75, 3.05) is 6.54 Å². The molecule has 0 aromatic rings. The molecular weight excluding hydrogens is 178 g/mol. The van der Waals surface area contributed by atoms with Crippen molar-refractivity contribution in [1.82, 2.24) is 4.72 Å². The highest BCUT2D eigenvalue weighted by molar-refractivity contribution is 7.78. The van der Waals surface area contributed by atoms with Gasteiger partial charge in [0, 0.05) is 6.54 Å². The van der Waals surface area contributed by atoms with Gasteiger partial charge in [0.05, 0.1) is 0 Å². The second kappa shape index (κ2) is 10.4. The summed E-state index contributed by atoms with van der Waals surface area (Å²) >= 11 is 3.96. The van der Waals surface area contributed by atoms with Gasteiger partial charge in [0.1, 0.15) is 0 Å². The van der Waals surface area contributed by atoms with Crippen molar-refractivity contribution < 1.29 is 0 Å². The molecule has 1 atom stereocenters. The van der Waals surface area contributed by atoms with Crippen LogP contribution in [0.2, 0.25) is 0 Å². The zero-order valence-corrected chi connectivity index (χ0v) is 10.1. The van der Waals surface area contributed by atoms with Crippen LogP contribution in [-0.4, -0.2) is 6.54 Å². The lowest BCUT2D eigenvalue weighted by atomic mass is 9.97. The maximum atomic E-state index is 3.96. The smallest absolute Gasteiger partial charge is 0.00561 e. The minimum absolute atomic E-state index is 0.923. The quantitative estimate of drug-likeness (QED) is 0.429. The van der Waals surface area contributed by atoms with Crippen molar-refractivity contribution in [2.24, 2.45) is 5.92 Å². The summed E-state index contributed by atoms with van der Waals surface area (Å²) in [4.78, 5) is 0. The molecule has 1 unspecified atom stereocenters. The van der Waals surface area contributed by atoms with Crippen molar-refractivity contribution in [3.63, 3.8) is 0 Å². The molecule has 0 aliphatic rings. The zero-order valence-electron chi connectivity index (χ0n) is 9.18. The highest BCUT2D eigenvalue weighted by Gasteiger charge is 2.00. The Bertz CT molecular complexity index is 96.1. The Kier molecular flexibility index (Phi) is 10.6. The molecule has 0 radical (unpaired) electrons. The van der Waals surface area contributed by atoms with Crippen molar-refractivity contribution in [1.29, 1.82) is 0 Å². The molecule has 13 heavy (non-hydrogen) atoms. The van der Waals surface area contributed by atoms with Gasteiger partial charge < -0.3 is 0 Å². The number of rotatable bonds is 9. The summed E-state index contributed by atoms with van der Waals surface area (Å²) in [5.74, 6) is 0.923. The Morgan fingerprint density at radius 3 is 2.23 bits per heavy atom. The summed E-state index contributed by atoms with van der Waals surface area (Å²) in [5, 5.41) is 0. The molecule has 1 N–H and O–H groups in total. The second-order valence-electron chi connectivity index (χ2n) is 4.00. The van der Waals surface area contributed by atoms with Gasteiger partial charge in [-0.3, -0.25) is 4.72 Å². The van der Waals surface area contributed by atoms with Crippen LogP contribution in [0.5, 0.6) is 0 Å². The molecule has 0 fully saturated rings. The fourth-order valence-electron chi connectivity index (χ4n) is 1.58. The number of thiol groups is 1. The fourth-order valence-corrected chi connectivity index (χ4v) is 1.74. The average Bonchev–Trinajstić information content (AvgIpc) is 2.13. The SMILES string of the molecule is CCCCCC(C)CCCCNS. The van der Waals surface area contributed by atoms with Crippen LogP contribution >= 0.6 is 12.8 Å². The van der Waals surface area contributed by atoms with Crippen molar-refractivity contribution in [3.05, 3.63) is 0 Å². The first-order chi connectivity index (χ1) is 6.31. The first kappa shape index (κ1) is 13.3. The third-order valence-corrected chi connectivity index (χ3v) is 2.76. The van der Waals surface area contributed by atoms with Gasteiger partial charge in [-0.1, -0.05) is 65.2 Å². The van der Waals surface area contributed by atoms with E-state index in [0.717, 1.165) is 12.5 Å². The molecule has 2 heteroatoms. The topological polar surface area (TPSA) is 12.0 Å². The van der Waals surface area contributed by atoms with Crippen LogP contribution in [0, 0.1) is 5.92 Å². The van der Waals surface area contributed by atoms with Crippen molar-refractivity contribution >= 4 is 12.8 Å². The van der Waals surface area contributed by atoms with Crippen molar-refractivity contribution in [2.45, 2.75) is 58.8 Å². The molecule has 0 aromatic heterocycles. The Labute approximate surface area is 89.2 Å². The standard InChI is InChI=1S/C11H25NS/c1-3-4-5-8-11(2)9-6-7-10-12-13/h11-13H,3-10H2,1-2H3. The largest absolute Gasteiger partial charge is 0.267 e. The first-order valence-corrected chi connectivity index (χ1v) is 6.13. The monoisotopic (exact) mass is 203 g/mol. The molecule has 0 amide bonds. The van der Waals surface area contributed by atoms with Gasteiger partial charge >= 0.3 is 0 Å². The number of nitrogens with one attached hydrogen (secondary N) is 1. The van der Waals surface area contributed by atoms with E-state index in [9.17, 15) is 0 Å². The van der Waals surface area contributed by atoms with Crippen LogP contribution in [0.3, 0.4) is 0 Å². The van der Waals surface area contributed by atoms with Gasteiger partial charge in [-0.05, 0) is 12.3 Å². The predicted molar refractivity (Wildman–Crippen MR) is 64.1 cm³/mol. The molecular formula is C11H25NS. The van der Waals surface area contributed by atoms with Crippen LogP contribution in [0.1, 0.15) is 58.8 Å². The maximum Gasteiger partial charge on any atom is 0.00561 e. The van der Waals surface area contributed by atoms with Gasteiger partial charge in [0.25, 0.3) is 0 Å². The third-order valence-electron chi connectivity index (χ3n) is 2.54. The lowest BCUT2D eigenvalue weighted by molar-refractivity contribution is 0.444. The Balaban J connectivity index is 3.05. The molecule has 0 saturated heterocycles. The molecule has 0 heterocycles. The third kappa shape index (κ3) is 10.2.